The first-order valence-electron chi connectivity index (χ1n) is 9.02. The van der Waals surface area contributed by atoms with Gasteiger partial charge in [0.2, 0.25) is 5.89 Å². The van der Waals surface area contributed by atoms with Gasteiger partial charge in [0.05, 0.1) is 10.8 Å². The van der Waals surface area contributed by atoms with Gasteiger partial charge in [0.15, 0.2) is 0 Å². The maximum atomic E-state index is 13.0. The van der Waals surface area contributed by atoms with Gasteiger partial charge in [-0.2, -0.15) is 0 Å². The number of fused-ring (bicyclic) bond motifs is 1. The lowest BCUT2D eigenvalue weighted by Crippen LogP contribution is -2.39. The van der Waals surface area contributed by atoms with E-state index in [2.05, 4.69) is 15.2 Å². The number of rotatable bonds is 3. The molecule has 1 unspecified atom stereocenters. The van der Waals surface area contributed by atoms with Crippen LogP contribution >= 0.6 is 11.3 Å². The van der Waals surface area contributed by atoms with Crippen molar-refractivity contribution in [3.8, 4) is 10.8 Å². The third kappa shape index (κ3) is 3.04. The Bertz CT molecular complexity index is 1050. The monoisotopic (exact) mass is 378 g/mol. The highest BCUT2D eigenvalue weighted by Crippen LogP contribution is 2.30. The largest absolute Gasteiger partial charge is 0.420 e. The van der Waals surface area contributed by atoms with Crippen LogP contribution in [0, 0.1) is 0 Å². The van der Waals surface area contributed by atoms with Gasteiger partial charge in [0.1, 0.15) is 5.69 Å². The average molecular weight is 378 g/mol. The van der Waals surface area contributed by atoms with Crippen molar-refractivity contribution in [1.29, 1.82) is 0 Å². The summed E-state index contributed by atoms with van der Waals surface area (Å²) in [5, 5.41) is 11.5. The zero-order chi connectivity index (χ0) is 18.2. The van der Waals surface area contributed by atoms with E-state index in [0.717, 1.165) is 35.2 Å². The van der Waals surface area contributed by atoms with Crippen molar-refractivity contribution in [1.82, 2.24) is 20.1 Å². The van der Waals surface area contributed by atoms with E-state index in [1.807, 2.05) is 52.7 Å². The van der Waals surface area contributed by atoms with E-state index < -0.39 is 0 Å². The predicted molar refractivity (Wildman–Crippen MR) is 104 cm³/mol. The molecule has 1 aliphatic heterocycles. The Kier molecular flexibility index (Phi) is 4.01. The molecule has 0 bridgehead atoms. The SMILES string of the molecule is O=C(c1cc2ccccc2[nH]1)N1CCCC(c2nnc(-c3cccs3)o2)C1. The molecule has 0 aliphatic carbocycles. The molecule has 0 radical (unpaired) electrons. The molecule has 0 saturated carbocycles. The molecule has 1 fully saturated rings. The number of H-pyrrole nitrogens is 1. The summed E-state index contributed by atoms with van der Waals surface area (Å²) in [5.41, 5.74) is 1.61. The number of nitrogens with zero attached hydrogens (tertiary/aromatic N) is 3. The van der Waals surface area contributed by atoms with Gasteiger partial charge in [-0.3, -0.25) is 4.79 Å². The van der Waals surface area contributed by atoms with Gasteiger partial charge in [0, 0.05) is 24.0 Å². The number of para-hydroxylation sites is 1. The van der Waals surface area contributed by atoms with Crippen molar-refractivity contribution < 1.29 is 9.21 Å². The molecule has 7 heteroatoms. The number of hydrogen-bond acceptors (Lipinski definition) is 5. The quantitative estimate of drug-likeness (QED) is 0.577. The van der Waals surface area contributed by atoms with Crippen molar-refractivity contribution in [2.75, 3.05) is 13.1 Å². The molecule has 1 N–H and O–H groups in total. The molecular weight excluding hydrogens is 360 g/mol. The van der Waals surface area contributed by atoms with Crippen LogP contribution in [-0.2, 0) is 0 Å². The van der Waals surface area contributed by atoms with Gasteiger partial charge in [-0.15, -0.1) is 21.5 Å². The Morgan fingerprint density at radius 2 is 2.15 bits per heavy atom. The van der Waals surface area contributed by atoms with E-state index in [1.54, 1.807) is 11.3 Å². The molecule has 1 saturated heterocycles. The van der Waals surface area contributed by atoms with Crippen molar-refractivity contribution in [3.05, 3.63) is 59.4 Å². The van der Waals surface area contributed by atoms with Gasteiger partial charge < -0.3 is 14.3 Å². The van der Waals surface area contributed by atoms with Crippen LogP contribution in [0.3, 0.4) is 0 Å². The average Bonchev–Trinajstić information content (AvgIpc) is 3.47. The maximum absolute atomic E-state index is 13.0. The summed E-state index contributed by atoms with van der Waals surface area (Å²) in [6, 6.07) is 13.8. The van der Waals surface area contributed by atoms with Crippen LogP contribution < -0.4 is 0 Å². The lowest BCUT2D eigenvalue weighted by molar-refractivity contribution is 0.0693. The molecule has 4 heterocycles. The van der Waals surface area contributed by atoms with Crippen molar-refractivity contribution in [2.24, 2.45) is 0 Å². The van der Waals surface area contributed by atoms with Crippen LogP contribution in [0.4, 0.5) is 0 Å². The third-order valence-electron chi connectivity index (χ3n) is 4.99. The minimum atomic E-state index is 0.0221. The first-order chi connectivity index (χ1) is 13.3. The van der Waals surface area contributed by atoms with Gasteiger partial charge in [-0.1, -0.05) is 24.3 Å². The van der Waals surface area contributed by atoms with Crippen LogP contribution in [0.2, 0.25) is 0 Å². The van der Waals surface area contributed by atoms with Gasteiger partial charge in [-0.25, -0.2) is 0 Å². The topological polar surface area (TPSA) is 75.0 Å². The summed E-state index contributed by atoms with van der Waals surface area (Å²) < 4.78 is 5.89. The first kappa shape index (κ1) is 16.3. The molecule has 1 aromatic carbocycles. The second-order valence-corrected chi connectivity index (χ2v) is 7.73. The Hall–Kier alpha value is -2.93. The minimum absolute atomic E-state index is 0.0221. The fraction of sp³-hybridized carbons (Fsp3) is 0.250. The molecule has 3 aromatic heterocycles. The molecule has 136 valence electrons. The Balaban J connectivity index is 1.35. The van der Waals surface area contributed by atoms with Crippen LogP contribution in [-0.4, -0.2) is 39.1 Å². The van der Waals surface area contributed by atoms with Crippen molar-refractivity contribution in [2.45, 2.75) is 18.8 Å². The Morgan fingerprint density at radius 1 is 1.22 bits per heavy atom. The first-order valence-corrected chi connectivity index (χ1v) is 9.90. The van der Waals surface area contributed by atoms with Gasteiger partial charge in [-0.05, 0) is 36.4 Å². The van der Waals surface area contributed by atoms with Crippen LogP contribution in [0.1, 0.15) is 35.1 Å². The minimum Gasteiger partial charge on any atom is -0.420 e. The highest BCUT2D eigenvalue weighted by atomic mass is 32.1. The zero-order valence-electron chi connectivity index (χ0n) is 14.6. The number of amides is 1. The van der Waals surface area contributed by atoms with E-state index in [4.69, 9.17) is 4.42 Å². The standard InChI is InChI=1S/C20H18N4O2S/c25-20(16-11-13-5-1-2-7-15(13)21-16)24-9-3-6-14(12-24)18-22-23-19(26-18)17-8-4-10-27-17/h1-2,4-5,7-8,10-11,14,21H,3,6,9,12H2. The summed E-state index contributed by atoms with van der Waals surface area (Å²) >= 11 is 1.58. The van der Waals surface area contributed by atoms with Crippen LogP contribution in [0.15, 0.2) is 52.3 Å². The summed E-state index contributed by atoms with van der Waals surface area (Å²) in [6.07, 6.45) is 1.87. The second kappa shape index (κ2) is 6.66. The fourth-order valence-electron chi connectivity index (χ4n) is 3.62. The third-order valence-corrected chi connectivity index (χ3v) is 5.85. The van der Waals surface area contributed by atoms with E-state index in [1.165, 1.54) is 0 Å². The van der Waals surface area contributed by atoms with Crippen LogP contribution in [0.25, 0.3) is 21.7 Å². The lowest BCUT2D eigenvalue weighted by Gasteiger charge is -2.30. The summed E-state index contributed by atoms with van der Waals surface area (Å²) in [4.78, 5) is 19.0. The number of benzene rings is 1. The number of thiophene rings is 1. The maximum Gasteiger partial charge on any atom is 0.270 e. The number of likely N-dealkylation sites (tertiary alicyclic amines) is 1. The molecule has 6 nitrogen and oxygen atoms in total. The van der Waals surface area contributed by atoms with E-state index >= 15 is 0 Å². The predicted octanol–water partition coefficient (Wildman–Crippen LogP) is 4.30. The Labute approximate surface area is 159 Å². The number of hydrogen-bond donors (Lipinski definition) is 1. The normalized spacial score (nSPS) is 17.5. The lowest BCUT2D eigenvalue weighted by atomic mass is 9.98. The van der Waals surface area contributed by atoms with Gasteiger partial charge in [0.25, 0.3) is 11.8 Å². The number of carbonyl (C=O) groups excluding carboxylic acids is 1. The van der Waals surface area contributed by atoms with Crippen molar-refractivity contribution >= 4 is 28.1 Å². The second-order valence-electron chi connectivity index (χ2n) is 6.78. The highest BCUT2D eigenvalue weighted by molar-refractivity contribution is 7.13. The number of aromatic nitrogens is 3. The molecule has 1 amide bonds. The molecule has 27 heavy (non-hydrogen) atoms. The smallest absolute Gasteiger partial charge is 0.270 e. The summed E-state index contributed by atoms with van der Waals surface area (Å²) in [6.45, 7) is 1.34. The van der Waals surface area contributed by atoms with E-state index in [-0.39, 0.29) is 11.8 Å². The zero-order valence-corrected chi connectivity index (χ0v) is 15.4. The number of carbonyl (C=O) groups is 1. The summed E-state index contributed by atoms with van der Waals surface area (Å²) in [5.74, 6) is 1.27. The fourth-order valence-corrected chi connectivity index (χ4v) is 4.27. The molecular formula is C20H18N4O2S. The number of piperidine rings is 1. The molecule has 1 atom stereocenters. The summed E-state index contributed by atoms with van der Waals surface area (Å²) in [7, 11) is 0. The van der Waals surface area contributed by atoms with Crippen LogP contribution in [0.5, 0.6) is 0 Å². The molecule has 5 rings (SSSR count). The highest BCUT2D eigenvalue weighted by Gasteiger charge is 2.29. The number of aromatic amines is 1. The number of nitrogens with one attached hydrogen (secondary N) is 1. The molecule has 4 aromatic rings. The van der Waals surface area contributed by atoms with Crippen molar-refractivity contribution in [3.63, 3.8) is 0 Å². The molecule has 1 aliphatic rings. The van der Waals surface area contributed by atoms with E-state index in [9.17, 15) is 4.79 Å². The van der Waals surface area contributed by atoms with E-state index in [0.29, 0.717) is 24.0 Å². The van der Waals surface area contributed by atoms with Gasteiger partial charge >= 0.3 is 0 Å². The Morgan fingerprint density at radius 3 is 3.00 bits per heavy atom. The molecule has 0 spiro atoms.